The molecule has 0 aliphatic rings. The van der Waals surface area contributed by atoms with Gasteiger partial charge in [0.25, 0.3) is 0 Å². The van der Waals surface area contributed by atoms with Crippen LogP contribution in [0.1, 0.15) is 17.4 Å². The summed E-state index contributed by atoms with van der Waals surface area (Å²) in [5, 5.41) is 10.3. The summed E-state index contributed by atoms with van der Waals surface area (Å²) in [6.45, 7) is 0. The average Bonchev–Trinajstić information content (AvgIpc) is 2.28. The molecule has 1 aromatic carbocycles. The van der Waals surface area contributed by atoms with Gasteiger partial charge >= 0.3 is 0 Å². The molecule has 0 aliphatic heterocycles. The molecule has 16 heavy (non-hydrogen) atoms. The van der Waals surface area contributed by atoms with Crippen LogP contribution in [0, 0.1) is 0 Å². The van der Waals surface area contributed by atoms with Gasteiger partial charge in [0, 0.05) is 6.07 Å². The van der Waals surface area contributed by atoms with Crippen LogP contribution >= 0.6 is 23.2 Å². The lowest BCUT2D eigenvalue weighted by Crippen LogP contribution is -2.03. The number of nitrogens with zero attached hydrogens (tertiary/aromatic N) is 2. The SMILES string of the molecule is OC(c1ccccc1)c1cc(Cl)nc(Cl)n1. The molecule has 1 atom stereocenters. The number of hydrogen-bond acceptors (Lipinski definition) is 3. The van der Waals surface area contributed by atoms with E-state index in [0.717, 1.165) is 5.56 Å². The number of halogens is 2. The highest BCUT2D eigenvalue weighted by Gasteiger charge is 2.13. The zero-order chi connectivity index (χ0) is 11.5. The maximum atomic E-state index is 10.0. The minimum atomic E-state index is -0.848. The fourth-order valence-corrected chi connectivity index (χ4v) is 1.78. The first-order valence-corrected chi connectivity index (χ1v) is 5.35. The summed E-state index contributed by atoms with van der Waals surface area (Å²) in [5.41, 5.74) is 1.12. The molecule has 0 spiro atoms. The van der Waals surface area contributed by atoms with E-state index in [1.54, 1.807) is 12.1 Å². The predicted molar refractivity (Wildman–Crippen MR) is 62.6 cm³/mol. The molecule has 3 nitrogen and oxygen atoms in total. The minimum absolute atomic E-state index is 0.0254. The van der Waals surface area contributed by atoms with Crippen molar-refractivity contribution in [1.82, 2.24) is 9.97 Å². The lowest BCUT2D eigenvalue weighted by atomic mass is 10.1. The molecule has 0 saturated carbocycles. The molecule has 2 rings (SSSR count). The molecule has 1 N–H and O–H groups in total. The molecule has 0 radical (unpaired) electrons. The van der Waals surface area contributed by atoms with Gasteiger partial charge in [0.2, 0.25) is 5.28 Å². The summed E-state index contributed by atoms with van der Waals surface area (Å²) in [4.78, 5) is 7.65. The van der Waals surface area contributed by atoms with Crippen molar-refractivity contribution in [3.05, 3.63) is 58.1 Å². The molecular weight excluding hydrogens is 247 g/mol. The first kappa shape index (κ1) is 11.3. The summed E-state index contributed by atoms with van der Waals surface area (Å²) in [6, 6.07) is 10.6. The van der Waals surface area contributed by atoms with E-state index in [2.05, 4.69) is 9.97 Å². The van der Waals surface area contributed by atoms with Crippen LogP contribution in [0.25, 0.3) is 0 Å². The fourth-order valence-electron chi connectivity index (χ4n) is 1.35. The average molecular weight is 255 g/mol. The van der Waals surface area contributed by atoms with Gasteiger partial charge in [0.1, 0.15) is 11.3 Å². The van der Waals surface area contributed by atoms with Crippen LogP contribution in [0.2, 0.25) is 10.4 Å². The number of rotatable bonds is 2. The van der Waals surface area contributed by atoms with Gasteiger partial charge in [0.15, 0.2) is 0 Å². The van der Waals surface area contributed by atoms with E-state index in [4.69, 9.17) is 23.2 Å². The third-order valence-electron chi connectivity index (χ3n) is 2.08. The highest BCUT2D eigenvalue weighted by Crippen LogP contribution is 2.22. The van der Waals surface area contributed by atoms with Crippen molar-refractivity contribution in [2.45, 2.75) is 6.10 Å². The molecule has 2 aromatic rings. The number of aromatic nitrogens is 2. The summed E-state index contributed by atoms with van der Waals surface area (Å²) < 4.78 is 0. The van der Waals surface area contributed by atoms with E-state index in [1.165, 1.54) is 6.07 Å². The van der Waals surface area contributed by atoms with Gasteiger partial charge in [0.05, 0.1) is 5.69 Å². The lowest BCUT2D eigenvalue weighted by Gasteiger charge is -2.10. The number of hydrogen-bond donors (Lipinski definition) is 1. The number of aliphatic hydroxyl groups is 1. The summed E-state index contributed by atoms with van der Waals surface area (Å²) in [7, 11) is 0. The monoisotopic (exact) mass is 254 g/mol. The lowest BCUT2D eigenvalue weighted by molar-refractivity contribution is 0.215. The van der Waals surface area contributed by atoms with E-state index in [1.807, 2.05) is 18.2 Å². The Bertz CT molecular complexity index is 470. The maximum Gasteiger partial charge on any atom is 0.224 e. The molecule has 0 amide bonds. The van der Waals surface area contributed by atoms with E-state index in [9.17, 15) is 5.11 Å². The Labute approximate surface area is 103 Å². The topological polar surface area (TPSA) is 46.0 Å². The second-order valence-corrected chi connectivity index (χ2v) is 3.92. The largest absolute Gasteiger partial charge is 0.382 e. The smallest absolute Gasteiger partial charge is 0.224 e. The second kappa shape index (κ2) is 4.78. The molecular formula is C11H8Cl2N2O. The van der Waals surface area contributed by atoms with Crippen LogP contribution in [0.4, 0.5) is 0 Å². The van der Waals surface area contributed by atoms with Crippen LogP contribution in [0.3, 0.4) is 0 Å². The molecule has 5 heteroatoms. The Balaban J connectivity index is 2.37. The van der Waals surface area contributed by atoms with Gasteiger partial charge in [-0.25, -0.2) is 9.97 Å². The Morgan fingerprint density at radius 1 is 1.06 bits per heavy atom. The van der Waals surface area contributed by atoms with Crippen molar-refractivity contribution < 1.29 is 5.11 Å². The van der Waals surface area contributed by atoms with E-state index in [0.29, 0.717) is 5.69 Å². The number of aliphatic hydroxyl groups excluding tert-OH is 1. The standard InChI is InChI=1S/C11H8Cl2N2O/c12-9-6-8(14-11(13)15-9)10(16)7-4-2-1-3-5-7/h1-6,10,16H. The van der Waals surface area contributed by atoms with Crippen LogP contribution in [0.15, 0.2) is 36.4 Å². The van der Waals surface area contributed by atoms with Crippen LogP contribution in [0.5, 0.6) is 0 Å². The van der Waals surface area contributed by atoms with Crippen LogP contribution in [-0.2, 0) is 0 Å². The molecule has 0 aliphatic carbocycles. The van der Waals surface area contributed by atoms with Crippen molar-refractivity contribution >= 4 is 23.2 Å². The minimum Gasteiger partial charge on any atom is -0.382 e. The van der Waals surface area contributed by atoms with Crippen molar-refractivity contribution in [1.29, 1.82) is 0 Å². The van der Waals surface area contributed by atoms with Crippen molar-refractivity contribution in [3.63, 3.8) is 0 Å². The van der Waals surface area contributed by atoms with Gasteiger partial charge in [-0.3, -0.25) is 0 Å². The van der Waals surface area contributed by atoms with Crippen molar-refractivity contribution in [3.8, 4) is 0 Å². The quantitative estimate of drug-likeness (QED) is 0.663. The third kappa shape index (κ3) is 2.50. The van der Waals surface area contributed by atoms with E-state index in [-0.39, 0.29) is 10.4 Å². The van der Waals surface area contributed by atoms with E-state index >= 15 is 0 Å². The van der Waals surface area contributed by atoms with Crippen LogP contribution < -0.4 is 0 Å². The fraction of sp³-hybridized carbons (Fsp3) is 0.0909. The van der Waals surface area contributed by atoms with Gasteiger partial charge in [-0.05, 0) is 17.2 Å². The Hall–Kier alpha value is -1.16. The Kier molecular flexibility index (Phi) is 3.39. The Morgan fingerprint density at radius 3 is 2.38 bits per heavy atom. The highest BCUT2D eigenvalue weighted by atomic mass is 35.5. The first-order valence-electron chi connectivity index (χ1n) is 4.60. The second-order valence-electron chi connectivity index (χ2n) is 3.20. The molecule has 0 bridgehead atoms. The first-order chi connectivity index (χ1) is 7.66. The van der Waals surface area contributed by atoms with Gasteiger partial charge in [-0.1, -0.05) is 41.9 Å². The van der Waals surface area contributed by atoms with Crippen LogP contribution in [-0.4, -0.2) is 15.1 Å². The number of benzene rings is 1. The zero-order valence-electron chi connectivity index (χ0n) is 8.14. The molecule has 1 aromatic heterocycles. The molecule has 0 saturated heterocycles. The van der Waals surface area contributed by atoms with Crippen molar-refractivity contribution in [2.75, 3.05) is 0 Å². The van der Waals surface area contributed by atoms with Gasteiger partial charge in [-0.15, -0.1) is 0 Å². The summed E-state index contributed by atoms with van der Waals surface area (Å²) in [5.74, 6) is 0. The molecule has 1 heterocycles. The summed E-state index contributed by atoms with van der Waals surface area (Å²) >= 11 is 11.4. The molecule has 82 valence electrons. The molecule has 0 fully saturated rings. The highest BCUT2D eigenvalue weighted by molar-refractivity contribution is 6.31. The van der Waals surface area contributed by atoms with Crippen molar-refractivity contribution in [2.24, 2.45) is 0 Å². The predicted octanol–water partition coefficient (Wildman–Crippen LogP) is 2.87. The Morgan fingerprint density at radius 2 is 1.75 bits per heavy atom. The summed E-state index contributed by atoms with van der Waals surface area (Å²) in [6.07, 6.45) is -0.848. The molecule has 1 unspecified atom stereocenters. The maximum absolute atomic E-state index is 10.0. The van der Waals surface area contributed by atoms with Gasteiger partial charge < -0.3 is 5.11 Å². The van der Waals surface area contributed by atoms with Gasteiger partial charge in [-0.2, -0.15) is 0 Å². The third-order valence-corrected chi connectivity index (χ3v) is 2.45. The zero-order valence-corrected chi connectivity index (χ0v) is 9.65. The van der Waals surface area contributed by atoms with E-state index < -0.39 is 6.10 Å². The normalized spacial score (nSPS) is 12.4.